The fourth-order valence-electron chi connectivity index (χ4n) is 2.36. The van der Waals surface area contributed by atoms with Crippen molar-refractivity contribution in [3.05, 3.63) is 17.0 Å². The Morgan fingerprint density at radius 3 is 2.71 bits per heavy atom. The van der Waals surface area contributed by atoms with Crippen LogP contribution in [0.25, 0.3) is 0 Å². The van der Waals surface area contributed by atoms with Crippen molar-refractivity contribution in [2.45, 2.75) is 26.8 Å². The summed E-state index contributed by atoms with van der Waals surface area (Å²) in [5.41, 5.74) is 2.53. The molecule has 0 spiro atoms. The van der Waals surface area contributed by atoms with Gasteiger partial charge in [-0.1, -0.05) is 0 Å². The van der Waals surface area contributed by atoms with Crippen LogP contribution in [0.15, 0.2) is 0 Å². The van der Waals surface area contributed by atoms with Gasteiger partial charge in [0.25, 0.3) is 5.91 Å². The van der Waals surface area contributed by atoms with E-state index in [0.29, 0.717) is 6.04 Å². The van der Waals surface area contributed by atoms with E-state index in [2.05, 4.69) is 17.3 Å². The number of carbonyl (C=O) groups excluding carboxylic acids is 1. The summed E-state index contributed by atoms with van der Waals surface area (Å²) >= 11 is 0. The Labute approximate surface area is 102 Å². The third kappa shape index (κ3) is 2.20. The third-order valence-electron chi connectivity index (χ3n) is 3.38. The number of amides is 1. The molecule has 0 bridgehead atoms. The molecule has 1 aromatic rings. The van der Waals surface area contributed by atoms with E-state index < -0.39 is 0 Å². The molecule has 2 heterocycles. The molecule has 1 aliphatic rings. The summed E-state index contributed by atoms with van der Waals surface area (Å²) in [6, 6.07) is 0.366. The van der Waals surface area contributed by atoms with Gasteiger partial charge in [0.2, 0.25) is 0 Å². The predicted molar refractivity (Wildman–Crippen MR) is 66.1 cm³/mol. The molecule has 2 rings (SSSR count). The number of aryl methyl sites for hydroxylation is 2. The van der Waals surface area contributed by atoms with Gasteiger partial charge in [-0.25, -0.2) is 0 Å². The van der Waals surface area contributed by atoms with Gasteiger partial charge in [-0.2, -0.15) is 5.10 Å². The normalized spacial score (nSPS) is 20.7. The van der Waals surface area contributed by atoms with Crippen LogP contribution in [-0.4, -0.2) is 46.3 Å². The summed E-state index contributed by atoms with van der Waals surface area (Å²) in [7, 11) is 1.87. The van der Waals surface area contributed by atoms with E-state index in [1.807, 2.05) is 25.8 Å². The molecule has 1 amide bonds. The van der Waals surface area contributed by atoms with Crippen molar-refractivity contribution >= 4 is 5.91 Å². The van der Waals surface area contributed by atoms with E-state index in [-0.39, 0.29) is 5.91 Å². The minimum atomic E-state index is 0.112. The topological polar surface area (TPSA) is 50.2 Å². The number of hydrogen-bond acceptors (Lipinski definition) is 3. The highest BCUT2D eigenvalue weighted by Crippen LogP contribution is 2.15. The number of aromatic nitrogens is 2. The molecule has 5 heteroatoms. The molecule has 0 saturated carbocycles. The number of piperazine rings is 1. The Hall–Kier alpha value is -1.36. The lowest BCUT2D eigenvalue weighted by Crippen LogP contribution is -2.51. The zero-order chi connectivity index (χ0) is 12.6. The lowest BCUT2D eigenvalue weighted by Gasteiger charge is -2.32. The van der Waals surface area contributed by atoms with Gasteiger partial charge in [-0.15, -0.1) is 0 Å². The molecule has 1 saturated heterocycles. The molecule has 0 aliphatic carbocycles. The predicted octanol–water partition coefficient (Wildman–Crippen LogP) is 0.471. The largest absolute Gasteiger partial charge is 0.336 e. The maximum Gasteiger partial charge on any atom is 0.257 e. The summed E-state index contributed by atoms with van der Waals surface area (Å²) < 4.78 is 1.77. The third-order valence-corrected chi connectivity index (χ3v) is 3.38. The van der Waals surface area contributed by atoms with E-state index in [0.717, 1.165) is 36.6 Å². The summed E-state index contributed by atoms with van der Waals surface area (Å²) in [4.78, 5) is 14.4. The van der Waals surface area contributed by atoms with E-state index in [1.165, 1.54) is 0 Å². The van der Waals surface area contributed by atoms with Crippen molar-refractivity contribution in [1.29, 1.82) is 0 Å². The number of nitrogens with one attached hydrogen (secondary N) is 1. The van der Waals surface area contributed by atoms with Gasteiger partial charge in [0.1, 0.15) is 0 Å². The summed E-state index contributed by atoms with van der Waals surface area (Å²) in [5, 5.41) is 7.64. The summed E-state index contributed by atoms with van der Waals surface area (Å²) in [6.45, 7) is 8.35. The molecule has 1 fully saturated rings. The first-order valence-corrected chi connectivity index (χ1v) is 6.03. The van der Waals surface area contributed by atoms with Gasteiger partial charge in [0.15, 0.2) is 0 Å². The summed E-state index contributed by atoms with van der Waals surface area (Å²) in [6.07, 6.45) is 0. The van der Waals surface area contributed by atoms with Crippen molar-refractivity contribution in [3.8, 4) is 0 Å². The first-order valence-electron chi connectivity index (χ1n) is 6.03. The Kier molecular flexibility index (Phi) is 3.19. The van der Waals surface area contributed by atoms with Crippen LogP contribution in [0.1, 0.15) is 28.7 Å². The molecule has 1 atom stereocenters. The van der Waals surface area contributed by atoms with Crippen LogP contribution in [0, 0.1) is 13.8 Å². The van der Waals surface area contributed by atoms with Crippen LogP contribution in [-0.2, 0) is 7.05 Å². The number of rotatable bonds is 1. The quantitative estimate of drug-likeness (QED) is 0.771. The van der Waals surface area contributed by atoms with Gasteiger partial charge < -0.3 is 10.2 Å². The van der Waals surface area contributed by atoms with E-state index in [1.54, 1.807) is 4.68 Å². The zero-order valence-electron chi connectivity index (χ0n) is 10.9. The van der Waals surface area contributed by atoms with E-state index in [4.69, 9.17) is 0 Å². The molecule has 0 radical (unpaired) electrons. The molecule has 1 aromatic heterocycles. The maximum absolute atomic E-state index is 12.4. The monoisotopic (exact) mass is 236 g/mol. The molecule has 5 nitrogen and oxygen atoms in total. The fourth-order valence-corrected chi connectivity index (χ4v) is 2.36. The van der Waals surface area contributed by atoms with Crippen molar-refractivity contribution in [3.63, 3.8) is 0 Å². The van der Waals surface area contributed by atoms with Gasteiger partial charge in [0, 0.05) is 38.4 Å². The van der Waals surface area contributed by atoms with Crippen LogP contribution in [0.3, 0.4) is 0 Å². The molecule has 0 aromatic carbocycles. The van der Waals surface area contributed by atoms with Crippen molar-refractivity contribution in [2.75, 3.05) is 19.6 Å². The van der Waals surface area contributed by atoms with Crippen LogP contribution < -0.4 is 5.32 Å². The molecular weight excluding hydrogens is 216 g/mol. The highest BCUT2D eigenvalue weighted by molar-refractivity contribution is 5.96. The van der Waals surface area contributed by atoms with Gasteiger partial charge in [-0.05, 0) is 20.8 Å². The van der Waals surface area contributed by atoms with Gasteiger partial charge in [-0.3, -0.25) is 9.48 Å². The summed E-state index contributed by atoms with van der Waals surface area (Å²) in [5.74, 6) is 0.112. The number of carbonyl (C=O) groups is 1. The minimum absolute atomic E-state index is 0.112. The highest BCUT2D eigenvalue weighted by Gasteiger charge is 2.26. The second-order valence-corrected chi connectivity index (χ2v) is 4.78. The highest BCUT2D eigenvalue weighted by atomic mass is 16.2. The van der Waals surface area contributed by atoms with Crippen molar-refractivity contribution < 1.29 is 4.79 Å². The fraction of sp³-hybridized carbons (Fsp3) is 0.667. The van der Waals surface area contributed by atoms with Crippen LogP contribution in [0.4, 0.5) is 0 Å². The van der Waals surface area contributed by atoms with Gasteiger partial charge >= 0.3 is 0 Å². The minimum Gasteiger partial charge on any atom is -0.336 e. The Balaban J connectivity index is 2.24. The Morgan fingerprint density at radius 2 is 2.18 bits per heavy atom. The first kappa shape index (κ1) is 12.1. The number of nitrogens with zero attached hydrogens (tertiary/aromatic N) is 3. The standard InChI is InChI=1S/C12H20N4O/c1-8-7-16(6-5-13-8)12(17)11-9(2)14-15(4)10(11)3/h8,13H,5-7H2,1-4H3. The lowest BCUT2D eigenvalue weighted by atomic mass is 10.1. The van der Waals surface area contributed by atoms with E-state index >= 15 is 0 Å². The first-order chi connectivity index (χ1) is 8.00. The molecule has 1 N–H and O–H groups in total. The zero-order valence-corrected chi connectivity index (χ0v) is 10.9. The Bertz CT molecular complexity index is 438. The second kappa shape index (κ2) is 4.49. The van der Waals surface area contributed by atoms with Crippen molar-refractivity contribution in [1.82, 2.24) is 20.0 Å². The molecular formula is C12H20N4O. The van der Waals surface area contributed by atoms with Gasteiger partial charge in [0.05, 0.1) is 11.3 Å². The van der Waals surface area contributed by atoms with Crippen LogP contribution >= 0.6 is 0 Å². The smallest absolute Gasteiger partial charge is 0.257 e. The molecule has 94 valence electrons. The Morgan fingerprint density at radius 1 is 1.47 bits per heavy atom. The average Bonchev–Trinajstić information content (AvgIpc) is 2.52. The maximum atomic E-state index is 12.4. The van der Waals surface area contributed by atoms with Crippen LogP contribution in [0.5, 0.6) is 0 Å². The van der Waals surface area contributed by atoms with E-state index in [9.17, 15) is 4.79 Å². The van der Waals surface area contributed by atoms with Crippen molar-refractivity contribution in [2.24, 2.45) is 7.05 Å². The second-order valence-electron chi connectivity index (χ2n) is 4.78. The average molecular weight is 236 g/mol. The SMILES string of the molecule is Cc1nn(C)c(C)c1C(=O)N1CCNC(C)C1. The molecule has 1 aliphatic heterocycles. The number of hydrogen-bond donors (Lipinski definition) is 1. The lowest BCUT2D eigenvalue weighted by molar-refractivity contribution is 0.0707. The molecule has 17 heavy (non-hydrogen) atoms. The van der Waals surface area contributed by atoms with Crippen LogP contribution in [0.2, 0.25) is 0 Å². The molecule has 1 unspecified atom stereocenters.